The molecule has 54 heavy (non-hydrogen) atoms. The maximum Gasteiger partial charge on any atom is 0.226 e. The van der Waals surface area contributed by atoms with E-state index in [1.165, 1.54) is 0 Å². The van der Waals surface area contributed by atoms with Gasteiger partial charge >= 0.3 is 0 Å². The molecule has 0 saturated carbocycles. The molecule has 0 spiro atoms. The first-order valence-corrected chi connectivity index (χ1v) is 20.3. The average molecular weight is 751 g/mol. The van der Waals surface area contributed by atoms with Crippen LogP contribution in [0, 0.1) is 35.5 Å². The molecule has 10 heteroatoms. The lowest BCUT2D eigenvalue weighted by Crippen LogP contribution is -2.54. The van der Waals surface area contributed by atoms with Crippen molar-refractivity contribution in [3.05, 3.63) is 42.2 Å². The van der Waals surface area contributed by atoms with E-state index in [4.69, 9.17) is 4.74 Å². The third-order valence-corrected chi connectivity index (χ3v) is 12.2. The van der Waals surface area contributed by atoms with Crippen molar-refractivity contribution < 1.29 is 29.0 Å². The summed E-state index contributed by atoms with van der Waals surface area (Å²) in [5, 5.41) is 12.8. The van der Waals surface area contributed by atoms with Gasteiger partial charge in [0.05, 0.1) is 24.6 Å². The summed E-state index contributed by atoms with van der Waals surface area (Å²) in [6.45, 7) is 14.4. The van der Waals surface area contributed by atoms with Crippen LogP contribution < -0.4 is 0 Å². The van der Waals surface area contributed by atoms with Crippen LogP contribution in [0.5, 0.6) is 0 Å². The molecule has 1 N–H and O–H groups in total. The zero-order chi connectivity index (χ0) is 40.3. The number of aryl methyl sites for hydroxylation is 1. The van der Waals surface area contributed by atoms with Crippen LogP contribution in [0.1, 0.15) is 99.0 Å². The second kappa shape index (κ2) is 21.2. The van der Waals surface area contributed by atoms with Crippen molar-refractivity contribution >= 4 is 34.2 Å². The van der Waals surface area contributed by atoms with Crippen LogP contribution in [0.3, 0.4) is 0 Å². The second-order valence-electron chi connectivity index (χ2n) is 16.8. The maximum absolute atomic E-state index is 14.3. The smallest absolute Gasteiger partial charge is 0.226 e. The maximum atomic E-state index is 14.3. The van der Waals surface area contributed by atoms with Gasteiger partial charge in [0.25, 0.3) is 0 Å². The fourth-order valence-corrected chi connectivity index (χ4v) is 8.87. The average Bonchev–Trinajstić information content (AvgIpc) is 3.62. The first kappa shape index (κ1) is 45.2. The van der Waals surface area contributed by atoms with Gasteiger partial charge in [0.15, 0.2) is 5.78 Å². The number of amides is 2. The summed E-state index contributed by atoms with van der Waals surface area (Å²) >= 11 is 0. The van der Waals surface area contributed by atoms with E-state index in [-0.39, 0.29) is 78.6 Å². The standard InChI is InChI=1S/C44H70N4O6/c1-12-30(6)43(47(10)44(53)35(28(2)3)24-39(51)42(29(4)5)46(8)9)40(54-11)25-41(52)48-22-14-16-37(48)36(27-49)31(7)38(50)17-13-15-32-18-19-33-20-21-45-26-34(33)23-32/h18-21,23,26,28-31,35-37,40,42-43,49H,12-17,22,24-25,27H2,1-11H3/t30-,31+,35-,36+,37-,40+,42-,43?/m0/s1. The molecule has 1 fully saturated rings. The lowest BCUT2D eigenvalue weighted by atomic mass is 9.82. The Balaban J connectivity index is 1.71. The molecule has 8 atom stereocenters. The quantitative estimate of drug-likeness (QED) is 0.146. The Labute approximate surface area is 325 Å². The summed E-state index contributed by atoms with van der Waals surface area (Å²) in [5.74, 6) is -1.23. The highest BCUT2D eigenvalue weighted by Crippen LogP contribution is 2.33. The van der Waals surface area contributed by atoms with Crippen molar-refractivity contribution in [2.24, 2.45) is 35.5 Å². The number of fused-ring (bicyclic) bond motifs is 1. The van der Waals surface area contributed by atoms with Crippen LogP contribution in [0.15, 0.2) is 36.7 Å². The Morgan fingerprint density at radius 3 is 2.26 bits per heavy atom. The Kier molecular flexibility index (Phi) is 17.7. The van der Waals surface area contributed by atoms with Crippen LogP contribution in [0.25, 0.3) is 10.8 Å². The zero-order valence-electron chi connectivity index (χ0n) is 35.1. The number of hydrogen-bond acceptors (Lipinski definition) is 8. The number of carbonyl (C=O) groups excluding carboxylic acids is 4. The monoisotopic (exact) mass is 751 g/mol. The van der Waals surface area contributed by atoms with Crippen LogP contribution in [0.4, 0.5) is 0 Å². The fourth-order valence-electron chi connectivity index (χ4n) is 8.87. The highest BCUT2D eigenvalue weighted by atomic mass is 16.5. The molecule has 10 nitrogen and oxygen atoms in total. The van der Waals surface area contributed by atoms with E-state index in [2.05, 4.69) is 37.0 Å². The molecule has 0 aliphatic carbocycles. The minimum atomic E-state index is -0.575. The number of aromatic nitrogens is 1. The molecule has 302 valence electrons. The molecule has 2 heterocycles. The number of likely N-dealkylation sites (N-methyl/N-ethyl adjacent to an activating group) is 2. The zero-order valence-corrected chi connectivity index (χ0v) is 35.1. The SMILES string of the molecule is CC[C@H](C)C([C@@H](CC(=O)N1CCC[C@H]1[C@H](CO)[C@@H](C)C(=O)CCCc1ccc2ccncc2c1)OC)N(C)C(=O)[C@@H](CC(=O)[C@H](C(C)C)N(C)C)C(C)C. The molecule has 2 aromatic rings. The topological polar surface area (TPSA) is 120 Å². The normalized spacial score (nSPS) is 18.8. The molecule has 1 aliphatic heterocycles. The van der Waals surface area contributed by atoms with Gasteiger partial charge < -0.3 is 19.6 Å². The van der Waals surface area contributed by atoms with Crippen LogP contribution in [-0.4, -0.2) is 114 Å². The van der Waals surface area contributed by atoms with Gasteiger partial charge in [-0.15, -0.1) is 0 Å². The molecule has 1 unspecified atom stereocenters. The fraction of sp³-hybridized carbons (Fsp3) is 0.705. The molecular formula is C44H70N4O6. The van der Waals surface area contributed by atoms with Crippen LogP contribution in [-0.2, 0) is 30.3 Å². The Morgan fingerprint density at radius 1 is 0.963 bits per heavy atom. The molecule has 2 amide bonds. The van der Waals surface area contributed by atoms with Crippen molar-refractivity contribution in [1.82, 2.24) is 19.7 Å². The van der Waals surface area contributed by atoms with E-state index in [1.807, 2.05) is 70.8 Å². The summed E-state index contributed by atoms with van der Waals surface area (Å²) < 4.78 is 6.05. The molecular weight excluding hydrogens is 681 g/mol. The van der Waals surface area contributed by atoms with Crippen molar-refractivity contribution in [1.29, 1.82) is 0 Å². The van der Waals surface area contributed by atoms with Gasteiger partial charge in [0.2, 0.25) is 11.8 Å². The molecule has 1 saturated heterocycles. The molecule has 3 rings (SSSR count). The van der Waals surface area contributed by atoms with Crippen molar-refractivity contribution in [2.45, 2.75) is 124 Å². The van der Waals surface area contributed by atoms with Crippen LogP contribution in [0.2, 0.25) is 0 Å². The largest absolute Gasteiger partial charge is 0.396 e. The summed E-state index contributed by atoms with van der Waals surface area (Å²) in [7, 11) is 7.18. The minimum Gasteiger partial charge on any atom is -0.396 e. The number of Topliss-reactive ketones (excluding diaryl/α,β-unsaturated/α-hetero) is 2. The number of carbonyl (C=O) groups is 4. The number of methoxy groups -OCH3 is 1. The number of benzene rings is 1. The number of aliphatic hydroxyl groups excluding tert-OH is 1. The first-order chi connectivity index (χ1) is 25.6. The molecule has 1 aliphatic rings. The van der Waals surface area contributed by atoms with Gasteiger partial charge in [-0.25, -0.2) is 0 Å². The lowest BCUT2D eigenvalue weighted by Gasteiger charge is -2.41. The highest BCUT2D eigenvalue weighted by molar-refractivity contribution is 5.90. The van der Waals surface area contributed by atoms with E-state index < -0.39 is 24.0 Å². The number of likely N-dealkylation sites (tertiary alicyclic amines) is 1. The minimum absolute atomic E-state index is 0.0221. The lowest BCUT2D eigenvalue weighted by molar-refractivity contribution is -0.148. The van der Waals surface area contributed by atoms with E-state index in [0.29, 0.717) is 19.4 Å². The van der Waals surface area contributed by atoms with Gasteiger partial charge in [-0.3, -0.25) is 29.1 Å². The third-order valence-electron chi connectivity index (χ3n) is 12.2. The highest BCUT2D eigenvalue weighted by Gasteiger charge is 2.42. The number of aliphatic hydroxyl groups is 1. The number of ketones is 2. The van der Waals surface area contributed by atoms with Crippen LogP contribution >= 0.6 is 0 Å². The van der Waals surface area contributed by atoms with Crippen molar-refractivity contribution in [3.8, 4) is 0 Å². The predicted molar refractivity (Wildman–Crippen MR) is 216 cm³/mol. The number of nitrogens with zero attached hydrogens (tertiary/aromatic N) is 4. The third kappa shape index (κ3) is 11.4. The van der Waals surface area contributed by atoms with E-state index >= 15 is 0 Å². The van der Waals surface area contributed by atoms with Gasteiger partial charge in [-0.2, -0.15) is 0 Å². The van der Waals surface area contributed by atoms with Gasteiger partial charge in [0.1, 0.15) is 5.78 Å². The summed E-state index contributed by atoms with van der Waals surface area (Å²) in [6.07, 6.45) is 7.46. The first-order valence-electron chi connectivity index (χ1n) is 20.3. The molecule has 0 radical (unpaired) electrons. The van der Waals surface area contributed by atoms with E-state index in [0.717, 1.165) is 42.0 Å². The number of hydrogen-bond donors (Lipinski definition) is 1. The van der Waals surface area contributed by atoms with Gasteiger partial charge in [-0.05, 0) is 80.6 Å². The molecule has 1 aromatic carbocycles. The predicted octanol–water partition coefficient (Wildman–Crippen LogP) is 6.46. The van der Waals surface area contributed by atoms with E-state index in [1.54, 1.807) is 25.3 Å². The Bertz CT molecular complexity index is 1520. The summed E-state index contributed by atoms with van der Waals surface area (Å²) in [5.41, 5.74) is 1.16. The number of ether oxygens (including phenoxy) is 1. The van der Waals surface area contributed by atoms with Gasteiger partial charge in [0, 0.05) is 81.7 Å². The number of rotatable bonds is 22. The summed E-state index contributed by atoms with van der Waals surface area (Å²) in [4.78, 5) is 65.2. The Morgan fingerprint density at radius 2 is 1.67 bits per heavy atom. The van der Waals surface area contributed by atoms with Crippen molar-refractivity contribution in [2.75, 3.05) is 41.4 Å². The molecule has 0 bridgehead atoms. The van der Waals surface area contributed by atoms with E-state index in [9.17, 15) is 24.3 Å². The Hall–Kier alpha value is -3.21. The van der Waals surface area contributed by atoms with Crippen molar-refractivity contribution in [3.63, 3.8) is 0 Å². The molecule has 1 aromatic heterocycles. The number of pyridine rings is 1. The second-order valence-corrected chi connectivity index (χ2v) is 16.8. The summed E-state index contributed by atoms with van der Waals surface area (Å²) in [6, 6.07) is 7.37. The van der Waals surface area contributed by atoms with Gasteiger partial charge in [-0.1, -0.05) is 67.0 Å².